The minimum atomic E-state index is 0.134. The van der Waals surface area contributed by atoms with Gasteiger partial charge in [-0.05, 0) is 24.6 Å². The van der Waals surface area contributed by atoms with Crippen LogP contribution >= 0.6 is 0 Å². The van der Waals surface area contributed by atoms with E-state index < -0.39 is 0 Å². The highest BCUT2D eigenvalue weighted by atomic mass is 16.1. The maximum absolute atomic E-state index is 12.7. The number of carbonyl (C=O) groups excluding carboxylic acids is 1. The van der Waals surface area contributed by atoms with E-state index in [9.17, 15) is 4.79 Å². The fourth-order valence-electron chi connectivity index (χ4n) is 2.69. The lowest BCUT2D eigenvalue weighted by atomic mass is 10.1. The predicted molar refractivity (Wildman–Crippen MR) is 99.4 cm³/mol. The number of carbonyl (C=O) groups is 1. The standard InChI is InChI=1S/C22H21NO/c1-18-12-14-20(15-13-18)22(24)17-23(21-10-6-3-7-11-21)16-19-8-4-2-5-9-19/h2-15H,16-17H2,1H3. The van der Waals surface area contributed by atoms with Gasteiger partial charge in [-0.1, -0.05) is 78.4 Å². The molecule has 0 heterocycles. The van der Waals surface area contributed by atoms with Gasteiger partial charge >= 0.3 is 0 Å². The molecule has 0 saturated carbocycles. The molecule has 0 unspecified atom stereocenters. The van der Waals surface area contributed by atoms with Crippen LogP contribution in [0.3, 0.4) is 0 Å². The summed E-state index contributed by atoms with van der Waals surface area (Å²) in [6.45, 7) is 3.10. The third-order valence-electron chi connectivity index (χ3n) is 4.05. The van der Waals surface area contributed by atoms with Crippen LogP contribution in [0.5, 0.6) is 0 Å². The molecule has 0 amide bonds. The SMILES string of the molecule is Cc1ccc(C(=O)CN(Cc2ccccc2)c2ccccc2)cc1. The van der Waals surface area contributed by atoms with E-state index >= 15 is 0 Å². The van der Waals surface area contributed by atoms with E-state index in [-0.39, 0.29) is 5.78 Å². The van der Waals surface area contributed by atoms with Crippen LogP contribution in [0.2, 0.25) is 0 Å². The van der Waals surface area contributed by atoms with Crippen LogP contribution in [-0.2, 0) is 6.54 Å². The molecule has 0 aliphatic carbocycles. The largest absolute Gasteiger partial charge is 0.359 e. The zero-order valence-electron chi connectivity index (χ0n) is 13.9. The molecule has 24 heavy (non-hydrogen) atoms. The number of para-hydroxylation sites is 1. The fourth-order valence-corrected chi connectivity index (χ4v) is 2.69. The van der Waals surface area contributed by atoms with Crippen molar-refractivity contribution in [2.45, 2.75) is 13.5 Å². The topological polar surface area (TPSA) is 20.3 Å². The average Bonchev–Trinajstić information content (AvgIpc) is 2.63. The molecule has 0 radical (unpaired) electrons. The second-order valence-corrected chi connectivity index (χ2v) is 5.97. The Morgan fingerprint density at radius 3 is 2.00 bits per heavy atom. The maximum atomic E-state index is 12.7. The van der Waals surface area contributed by atoms with E-state index in [2.05, 4.69) is 17.0 Å². The highest BCUT2D eigenvalue weighted by Crippen LogP contribution is 2.18. The molecular weight excluding hydrogens is 294 g/mol. The second kappa shape index (κ2) is 7.60. The number of aryl methyl sites for hydroxylation is 1. The van der Waals surface area contributed by atoms with Crippen LogP contribution < -0.4 is 4.90 Å². The van der Waals surface area contributed by atoms with Crippen LogP contribution in [0.1, 0.15) is 21.5 Å². The minimum absolute atomic E-state index is 0.134. The summed E-state index contributed by atoms with van der Waals surface area (Å²) in [5, 5.41) is 0. The third-order valence-corrected chi connectivity index (χ3v) is 4.05. The molecule has 0 aliphatic rings. The first kappa shape index (κ1) is 16.0. The first-order valence-electron chi connectivity index (χ1n) is 8.16. The second-order valence-electron chi connectivity index (χ2n) is 5.97. The van der Waals surface area contributed by atoms with Crippen molar-refractivity contribution in [1.29, 1.82) is 0 Å². The van der Waals surface area contributed by atoms with Gasteiger partial charge in [-0.25, -0.2) is 0 Å². The minimum Gasteiger partial charge on any atom is -0.359 e. The van der Waals surface area contributed by atoms with E-state index in [1.807, 2.05) is 79.7 Å². The van der Waals surface area contributed by atoms with E-state index in [0.29, 0.717) is 13.1 Å². The summed E-state index contributed by atoms with van der Waals surface area (Å²) >= 11 is 0. The molecule has 0 saturated heterocycles. The number of anilines is 1. The van der Waals surface area contributed by atoms with Crippen LogP contribution in [0.4, 0.5) is 5.69 Å². The molecule has 3 rings (SSSR count). The summed E-state index contributed by atoms with van der Waals surface area (Å²) in [5.41, 5.74) is 4.17. The molecule has 0 fully saturated rings. The summed E-state index contributed by atoms with van der Waals surface area (Å²) < 4.78 is 0. The Bertz CT molecular complexity index is 779. The maximum Gasteiger partial charge on any atom is 0.182 e. The van der Waals surface area contributed by atoms with Crippen LogP contribution in [0.15, 0.2) is 84.9 Å². The summed E-state index contributed by atoms with van der Waals surface area (Å²) in [5.74, 6) is 0.134. The Morgan fingerprint density at radius 2 is 1.38 bits per heavy atom. The smallest absolute Gasteiger partial charge is 0.182 e. The summed E-state index contributed by atoms with van der Waals surface area (Å²) in [4.78, 5) is 14.8. The monoisotopic (exact) mass is 315 g/mol. The van der Waals surface area contributed by atoms with Gasteiger partial charge in [0.2, 0.25) is 0 Å². The number of rotatable bonds is 6. The Balaban J connectivity index is 1.82. The first-order valence-corrected chi connectivity index (χ1v) is 8.16. The quantitative estimate of drug-likeness (QED) is 0.604. The number of nitrogens with zero attached hydrogens (tertiary/aromatic N) is 1. The lowest BCUT2D eigenvalue weighted by Gasteiger charge is -2.24. The molecule has 2 nitrogen and oxygen atoms in total. The first-order chi connectivity index (χ1) is 11.7. The lowest BCUT2D eigenvalue weighted by molar-refractivity contribution is 0.0998. The average molecular weight is 315 g/mol. The molecule has 0 bridgehead atoms. The lowest BCUT2D eigenvalue weighted by Crippen LogP contribution is -2.29. The van der Waals surface area contributed by atoms with Crippen molar-refractivity contribution in [2.24, 2.45) is 0 Å². The van der Waals surface area contributed by atoms with Gasteiger partial charge in [0.1, 0.15) is 0 Å². The Morgan fingerprint density at radius 1 is 0.792 bits per heavy atom. The zero-order chi connectivity index (χ0) is 16.8. The van der Waals surface area contributed by atoms with Crippen LogP contribution in [0, 0.1) is 6.92 Å². The zero-order valence-corrected chi connectivity index (χ0v) is 13.9. The molecule has 3 aromatic rings. The van der Waals surface area contributed by atoms with Gasteiger partial charge in [0.15, 0.2) is 5.78 Å². The van der Waals surface area contributed by atoms with E-state index in [1.165, 1.54) is 5.56 Å². The summed E-state index contributed by atoms with van der Waals surface area (Å²) in [7, 11) is 0. The number of hydrogen-bond acceptors (Lipinski definition) is 2. The number of benzene rings is 3. The van der Waals surface area contributed by atoms with Crippen molar-refractivity contribution in [2.75, 3.05) is 11.4 Å². The summed E-state index contributed by atoms with van der Waals surface area (Å²) in [6, 6.07) is 28.1. The van der Waals surface area contributed by atoms with Gasteiger partial charge in [0.25, 0.3) is 0 Å². The van der Waals surface area contributed by atoms with E-state index in [4.69, 9.17) is 0 Å². The van der Waals surface area contributed by atoms with E-state index in [0.717, 1.165) is 16.8 Å². The molecular formula is C22H21NO. The molecule has 0 aromatic heterocycles. The molecule has 0 N–H and O–H groups in total. The Hall–Kier alpha value is -2.87. The van der Waals surface area contributed by atoms with Crippen LogP contribution in [-0.4, -0.2) is 12.3 Å². The van der Waals surface area contributed by atoms with Crippen LogP contribution in [0.25, 0.3) is 0 Å². The van der Waals surface area contributed by atoms with Crippen molar-refractivity contribution in [1.82, 2.24) is 0 Å². The van der Waals surface area contributed by atoms with Crippen molar-refractivity contribution in [3.8, 4) is 0 Å². The van der Waals surface area contributed by atoms with Gasteiger partial charge in [-0.15, -0.1) is 0 Å². The fraction of sp³-hybridized carbons (Fsp3) is 0.136. The van der Waals surface area contributed by atoms with Gasteiger partial charge in [0.05, 0.1) is 6.54 Å². The number of Topliss-reactive ketones (excluding diaryl/α,β-unsaturated/α-hetero) is 1. The van der Waals surface area contributed by atoms with Crippen molar-refractivity contribution in [3.05, 3.63) is 102 Å². The Kier molecular flexibility index (Phi) is 5.07. The Labute approximate surface area is 143 Å². The molecule has 2 heteroatoms. The number of ketones is 1. The highest BCUT2D eigenvalue weighted by Gasteiger charge is 2.13. The van der Waals surface area contributed by atoms with Crippen molar-refractivity contribution >= 4 is 11.5 Å². The molecule has 0 atom stereocenters. The highest BCUT2D eigenvalue weighted by molar-refractivity contribution is 5.99. The normalized spacial score (nSPS) is 10.4. The van der Waals surface area contributed by atoms with Gasteiger partial charge in [-0.3, -0.25) is 4.79 Å². The summed E-state index contributed by atoms with van der Waals surface area (Å²) in [6.07, 6.45) is 0. The molecule has 3 aromatic carbocycles. The molecule has 0 aliphatic heterocycles. The molecule has 120 valence electrons. The van der Waals surface area contributed by atoms with Crippen molar-refractivity contribution < 1.29 is 4.79 Å². The van der Waals surface area contributed by atoms with Gasteiger partial charge < -0.3 is 4.90 Å². The number of hydrogen-bond donors (Lipinski definition) is 0. The molecule has 0 spiro atoms. The third kappa shape index (κ3) is 4.11. The van der Waals surface area contributed by atoms with Gasteiger partial charge in [-0.2, -0.15) is 0 Å². The van der Waals surface area contributed by atoms with Crippen molar-refractivity contribution in [3.63, 3.8) is 0 Å². The predicted octanol–water partition coefficient (Wildman–Crippen LogP) is 4.88. The van der Waals surface area contributed by atoms with Gasteiger partial charge in [0, 0.05) is 17.8 Å². The van der Waals surface area contributed by atoms with E-state index in [1.54, 1.807) is 0 Å².